The lowest BCUT2D eigenvalue weighted by molar-refractivity contribution is -0.121. The Morgan fingerprint density at radius 3 is 2.39 bits per heavy atom. The molecule has 0 bridgehead atoms. The second-order valence-corrected chi connectivity index (χ2v) is 10.3. The van der Waals surface area contributed by atoms with Crippen LogP contribution < -0.4 is 14.8 Å². The quantitative estimate of drug-likeness (QED) is 0.417. The molecule has 1 N–H and O–H groups in total. The Kier molecular flexibility index (Phi) is 7.67. The van der Waals surface area contributed by atoms with E-state index in [9.17, 15) is 9.59 Å². The number of aliphatic imine (C=N–C) groups is 1. The summed E-state index contributed by atoms with van der Waals surface area (Å²) in [5, 5.41) is 9.91. The molecule has 0 aromatic heterocycles. The van der Waals surface area contributed by atoms with Gasteiger partial charge in [0.2, 0.25) is 5.91 Å². The van der Waals surface area contributed by atoms with Crippen molar-refractivity contribution in [3.05, 3.63) is 88.9 Å². The van der Waals surface area contributed by atoms with Crippen molar-refractivity contribution in [1.29, 1.82) is 0 Å². The molecule has 0 saturated heterocycles. The van der Waals surface area contributed by atoms with Crippen molar-refractivity contribution in [1.82, 2.24) is 5.01 Å². The third-order valence-corrected chi connectivity index (χ3v) is 7.61. The zero-order chi connectivity index (χ0) is 26.6. The van der Waals surface area contributed by atoms with E-state index in [2.05, 4.69) is 10.3 Å². The first kappa shape index (κ1) is 25.8. The van der Waals surface area contributed by atoms with Crippen molar-refractivity contribution in [3.8, 4) is 11.5 Å². The lowest BCUT2D eigenvalue weighted by Gasteiger charge is -2.23. The van der Waals surface area contributed by atoms with Gasteiger partial charge in [-0.1, -0.05) is 35.5 Å². The number of ether oxygens (including phenoxy) is 2. The summed E-state index contributed by atoms with van der Waals surface area (Å²) in [6, 6.07) is 22.1. The van der Waals surface area contributed by atoms with Gasteiger partial charge in [0, 0.05) is 23.6 Å². The van der Waals surface area contributed by atoms with E-state index < -0.39 is 5.25 Å². The third-order valence-electron chi connectivity index (χ3n) is 6.24. The lowest BCUT2D eigenvalue weighted by atomic mass is 9.98. The average Bonchev–Trinajstić information content (AvgIpc) is 3.53. The number of methoxy groups -OCH3 is 2. The number of hydrazone groups is 1. The monoisotopic (exact) mass is 548 g/mol. The normalized spacial score (nSPS) is 18.7. The van der Waals surface area contributed by atoms with Gasteiger partial charge in [-0.05, 0) is 71.8 Å². The highest BCUT2D eigenvalue weighted by Gasteiger charge is 2.39. The molecule has 10 heteroatoms. The Hall–Kier alpha value is -3.82. The van der Waals surface area contributed by atoms with Gasteiger partial charge in [0.25, 0.3) is 5.91 Å². The molecule has 0 fully saturated rings. The van der Waals surface area contributed by atoms with Gasteiger partial charge >= 0.3 is 0 Å². The van der Waals surface area contributed by atoms with Crippen LogP contribution in [0.4, 0.5) is 5.69 Å². The minimum atomic E-state index is -0.636. The van der Waals surface area contributed by atoms with Crippen LogP contribution in [0, 0.1) is 0 Å². The molecule has 3 aromatic carbocycles. The molecule has 2 aliphatic heterocycles. The van der Waals surface area contributed by atoms with Crippen LogP contribution in [0.3, 0.4) is 0 Å². The summed E-state index contributed by atoms with van der Waals surface area (Å²) >= 11 is 7.55. The van der Waals surface area contributed by atoms with Crippen molar-refractivity contribution >= 4 is 51.7 Å². The first-order valence-corrected chi connectivity index (χ1v) is 13.2. The summed E-state index contributed by atoms with van der Waals surface area (Å²) in [5.41, 5.74) is 3.39. The second-order valence-electron chi connectivity index (χ2n) is 8.71. The third kappa shape index (κ3) is 5.69. The topological polar surface area (TPSA) is 92.6 Å². The zero-order valence-electron chi connectivity index (χ0n) is 20.8. The first-order chi connectivity index (χ1) is 18.4. The fraction of sp³-hybridized carbons (Fsp3) is 0.214. The highest BCUT2D eigenvalue weighted by atomic mass is 35.5. The van der Waals surface area contributed by atoms with Crippen LogP contribution in [-0.2, 0) is 9.59 Å². The number of hydrogen-bond donors (Lipinski definition) is 1. The number of amidine groups is 1. The van der Waals surface area contributed by atoms with Crippen LogP contribution in [0.25, 0.3) is 0 Å². The van der Waals surface area contributed by atoms with Gasteiger partial charge in [-0.3, -0.25) is 9.59 Å². The van der Waals surface area contributed by atoms with Gasteiger partial charge in [0.05, 0.1) is 26.0 Å². The maximum atomic E-state index is 12.8. The Bertz CT molecular complexity index is 1410. The van der Waals surface area contributed by atoms with E-state index in [0.29, 0.717) is 28.0 Å². The summed E-state index contributed by atoms with van der Waals surface area (Å²) in [5.74, 6) is 0.824. The Morgan fingerprint density at radius 2 is 1.74 bits per heavy atom. The molecule has 194 valence electrons. The Labute approximate surface area is 229 Å². The average molecular weight is 549 g/mol. The molecule has 0 spiro atoms. The van der Waals surface area contributed by atoms with Gasteiger partial charge in [-0.2, -0.15) is 10.1 Å². The second kappa shape index (κ2) is 11.3. The SMILES string of the molecule is COc1ccc(NC(=O)C[C@H]2SC(N3N=C(c4ccc(OC)cc4)C[C@H]3c3cccc(Cl)c3)=NC2=O)cc1. The summed E-state index contributed by atoms with van der Waals surface area (Å²) < 4.78 is 10.4. The molecule has 0 radical (unpaired) electrons. The fourth-order valence-electron chi connectivity index (χ4n) is 4.28. The molecule has 2 atom stereocenters. The number of carbonyl (C=O) groups is 2. The largest absolute Gasteiger partial charge is 0.497 e. The van der Waals surface area contributed by atoms with Crippen LogP contribution in [0.15, 0.2) is 82.9 Å². The van der Waals surface area contributed by atoms with Gasteiger partial charge in [-0.25, -0.2) is 5.01 Å². The van der Waals surface area contributed by atoms with E-state index in [1.807, 2.05) is 48.5 Å². The van der Waals surface area contributed by atoms with Crippen molar-refractivity contribution in [2.75, 3.05) is 19.5 Å². The molecule has 3 aromatic rings. The smallest absolute Gasteiger partial charge is 0.262 e. The molecule has 2 heterocycles. The zero-order valence-corrected chi connectivity index (χ0v) is 22.3. The molecule has 38 heavy (non-hydrogen) atoms. The summed E-state index contributed by atoms with van der Waals surface area (Å²) in [6.07, 6.45) is 0.594. The number of halogens is 1. The lowest BCUT2D eigenvalue weighted by Crippen LogP contribution is -2.25. The highest BCUT2D eigenvalue weighted by Crippen LogP contribution is 2.39. The predicted octanol–water partition coefficient (Wildman–Crippen LogP) is 5.54. The predicted molar refractivity (Wildman–Crippen MR) is 150 cm³/mol. The van der Waals surface area contributed by atoms with E-state index in [1.165, 1.54) is 11.8 Å². The molecular formula is C28H25ClN4O4S. The standard InChI is InChI=1S/C28H25ClN4O4S/c1-36-21-10-6-17(7-11-21)23-15-24(18-4-3-5-19(29)14-18)33(32-23)28-31-27(35)25(38-28)16-26(34)30-20-8-12-22(37-2)13-9-20/h3-14,24-25H,15-16H2,1-2H3,(H,30,34)/t24-,25+/m0/s1. The molecule has 5 rings (SSSR count). The Balaban J connectivity index is 1.33. The fourth-order valence-corrected chi connectivity index (χ4v) is 5.54. The Morgan fingerprint density at radius 1 is 1.05 bits per heavy atom. The number of hydrogen-bond acceptors (Lipinski definition) is 7. The number of rotatable bonds is 7. The number of amides is 2. The van der Waals surface area contributed by atoms with Gasteiger partial charge in [0.1, 0.15) is 16.7 Å². The van der Waals surface area contributed by atoms with E-state index in [4.69, 9.17) is 26.2 Å². The number of thioether (sulfide) groups is 1. The summed E-state index contributed by atoms with van der Waals surface area (Å²) in [7, 11) is 3.20. The number of benzene rings is 3. The van der Waals surface area contributed by atoms with Gasteiger partial charge < -0.3 is 14.8 Å². The van der Waals surface area contributed by atoms with Crippen LogP contribution in [0.1, 0.15) is 30.0 Å². The number of carbonyl (C=O) groups excluding carboxylic acids is 2. The van der Waals surface area contributed by atoms with Crippen molar-refractivity contribution < 1.29 is 19.1 Å². The van der Waals surface area contributed by atoms with Crippen molar-refractivity contribution in [3.63, 3.8) is 0 Å². The molecule has 0 unspecified atom stereocenters. The van der Waals surface area contributed by atoms with E-state index in [-0.39, 0.29) is 24.3 Å². The number of nitrogens with zero attached hydrogens (tertiary/aromatic N) is 3. The van der Waals surface area contributed by atoms with Crippen LogP contribution in [0.5, 0.6) is 11.5 Å². The number of nitrogens with one attached hydrogen (secondary N) is 1. The van der Waals surface area contributed by atoms with Gasteiger partial charge in [-0.15, -0.1) is 0 Å². The van der Waals surface area contributed by atoms with Crippen molar-refractivity contribution in [2.45, 2.75) is 24.1 Å². The van der Waals surface area contributed by atoms with E-state index in [0.717, 1.165) is 22.6 Å². The molecule has 0 saturated carbocycles. The first-order valence-electron chi connectivity index (χ1n) is 11.9. The number of anilines is 1. The van der Waals surface area contributed by atoms with Crippen LogP contribution in [-0.4, -0.2) is 47.2 Å². The summed E-state index contributed by atoms with van der Waals surface area (Å²) in [4.78, 5) is 29.8. The van der Waals surface area contributed by atoms with Crippen molar-refractivity contribution in [2.24, 2.45) is 10.1 Å². The van der Waals surface area contributed by atoms with Crippen LogP contribution >= 0.6 is 23.4 Å². The maximum absolute atomic E-state index is 12.8. The maximum Gasteiger partial charge on any atom is 0.262 e. The van der Waals surface area contributed by atoms with E-state index >= 15 is 0 Å². The van der Waals surface area contributed by atoms with Crippen LogP contribution in [0.2, 0.25) is 5.02 Å². The van der Waals surface area contributed by atoms with Gasteiger partial charge in [0.15, 0.2) is 5.17 Å². The highest BCUT2D eigenvalue weighted by molar-refractivity contribution is 8.15. The molecule has 2 aliphatic rings. The minimum Gasteiger partial charge on any atom is -0.497 e. The molecule has 2 amide bonds. The molecular weight excluding hydrogens is 524 g/mol. The van der Waals surface area contributed by atoms with E-state index in [1.54, 1.807) is 43.5 Å². The summed E-state index contributed by atoms with van der Waals surface area (Å²) in [6.45, 7) is 0. The molecule has 8 nitrogen and oxygen atoms in total. The molecule has 0 aliphatic carbocycles. The minimum absolute atomic E-state index is 0.00669.